The zero-order chi connectivity index (χ0) is 25.4. The third-order valence-electron chi connectivity index (χ3n) is 5.39. The van der Waals surface area contributed by atoms with Crippen molar-refractivity contribution in [2.24, 2.45) is 5.92 Å². The van der Waals surface area contributed by atoms with Crippen LogP contribution in [0.15, 0.2) is 42.5 Å². The van der Waals surface area contributed by atoms with Crippen molar-refractivity contribution in [2.75, 3.05) is 6.61 Å². The SMILES string of the molecule is Cc1cc(CF)nn1Cc1cc(COc2ccc(CCC(=O)O)c(F)c2)ccc1OCC(C)C=O. The number of halogens is 2. The Labute approximate surface area is 202 Å². The van der Waals surface area contributed by atoms with Gasteiger partial charge in [0.05, 0.1) is 18.8 Å². The van der Waals surface area contributed by atoms with Gasteiger partial charge in [-0.15, -0.1) is 0 Å². The summed E-state index contributed by atoms with van der Waals surface area (Å²) in [5.41, 5.74) is 3.02. The summed E-state index contributed by atoms with van der Waals surface area (Å²) in [5.74, 6) is -0.884. The van der Waals surface area contributed by atoms with Crippen LogP contribution in [0.5, 0.6) is 11.5 Å². The second kappa shape index (κ2) is 12.1. The average Bonchev–Trinajstić information content (AvgIpc) is 3.20. The number of rotatable bonds is 13. The lowest BCUT2D eigenvalue weighted by Crippen LogP contribution is -2.12. The Morgan fingerprint density at radius 3 is 2.63 bits per heavy atom. The van der Waals surface area contributed by atoms with Crippen LogP contribution in [0, 0.1) is 18.7 Å². The molecule has 7 nitrogen and oxygen atoms in total. The lowest BCUT2D eigenvalue weighted by molar-refractivity contribution is -0.137. The van der Waals surface area contributed by atoms with Crippen molar-refractivity contribution in [3.8, 4) is 11.5 Å². The number of carboxylic acids is 1. The summed E-state index contributed by atoms with van der Waals surface area (Å²) in [4.78, 5) is 21.7. The van der Waals surface area contributed by atoms with Gasteiger partial charge in [-0.25, -0.2) is 8.78 Å². The van der Waals surface area contributed by atoms with Crippen LogP contribution < -0.4 is 9.47 Å². The third-order valence-corrected chi connectivity index (χ3v) is 5.39. The molecule has 3 aromatic rings. The number of alkyl halides is 1. The molecular weight excluding hydrogens is 458 g/mol. The number of nitrogens with zero attached hydrogens (tertiary/aromatic N) is 2. The number of aryl methyl sites for hydroxylation is 2. The molecule has 9 heteroatoms. The molecule has 0 aliphatic heterocycles. The lowest BCUT2D eigenvalue weighted by atomic mass is 10.1. The maximum Gasteiger partial charge on any atom is 0.303 e. The highest BCUT2D eigenvalue weighted by atomic mass is 19.1. The molecule has 186 valence electrons. The molecule has 1 heterocycles. The van der Waals surface area contributed by atoms with E-state index in [1.165, 1.54) is 12.1 Å². The number of aromatic nitrogens is 2. The molecule has 0 saturated heterocycles. The first-order valence-electron chi connectivity index (χ1n) is 11.2. The molecule has 0 saturated carbocycles. The first-order chi connectivity index (χ1) is 16.8. The van der Waals surface area contributed by atoms with Gasteiger partial charge in [-0.05, 0) is 48.7 Å². The van der Waals surface area contributed by atoms with Crippen molar-refractivity contribution < 1.29 is 33.0 Å². The summed E-state index contributed by atoms with van der Waals surface area (Å²) in [6.07, 6.45) is 0.771. The summed E-state index contributed by atoms with van der Waals surface area (Å²) in [6, 6.07) is 11.5. The predicted molar refractivity (Wildman–Crippen MR) is 125 cm³/mol. The van der Waals surface area contributed by atoms with E-state index < -0.39 is 18.5 Å². The molecule has 0 aliphatic carbocycles. The molecule has 0 amide bonds. The number of ether oxygens (including phenoxy) is 2. The van der Waals surface area contributed by atoms with E-state index in [0.717, 1.165) is 23.1 Å². The van der Waals surface area contributed by atoms with E-state index in [2.05, 4.69) is 5.10 Å². The number of benzene rings is 2. The quantitative estimate of drug-likeness (QED) is 0.354. The van der Waals surface area contributed by atoms with Crippen LogP contribution in [0.4, 0.5) is 8.78 Å². The Morgan fingerprint density at radius 1 is 1.17 bits per heavy atom. The first kappa shape index (κ1) is 25.9. The molecule has 3 rings (SSSR count). The molecule has 35 heavy (non-hydrogen) atoms. The average molecular weight is 487 g/mol. The van der Waals surface area contributed by atoms with Crippen LogP contribution in [0.3, 0.4) is 0 Å². The van der Waals surface area contributed by atoms with Crippen LogP contribution in [0.2, 0.25) is 0 Å². The number of hydrogen-bond donors (Lipinski definition) is 1. The molecule has 0 radical (unpaired) electrons. The van der Waals surface area contributed by atoms with E-state index in [1.807, 2.05) is 19.1 Å². The summed E-state index contributed by atoms with van der Waals surface area (Å²) in [5, 5.41) is 13.0. The minimum atomic E-state index is -0.986. The highest BCUT2D eigenvalue weighted by Crippen LogP contribution is 2.25. The Kier molecular flexibility index (Phi) is 8.94. The van der Waals surface area contributed by atoms with Gasteiger partial charge in [0.2, 0.25) is 0 Å². The van der Waals surface area contributed by atoms with Gasteiger partial charge in [0.1, 0.15) is 36.9 Å². The van der Waals surface area contributed by atoms with Crippen molar-refractivity contribution in [2.45, 2.75) is 46.5 Å². The number of aldehydes is 1. The molecule has 1 atom stereocenters. The zero-order valence-electron chi connectivity index (χ0n) is 19.7. The smallest absolute Gasteiger partial charge is 0.303 e. The van der Waals surface area contributed by atoms with Crippen LogP contribution >= 0.6 is 0 Å². The van der Waals surface area contributed by atoms with Gasteiger partial charge < -0.3 is 19.4 Å². The molecule has 2 aromatic carbocycles. The van der Waals surface area contributed by atoms with Gasteiger partial charge >= 0.3 is 5.97 Å². The van der Waals surface area contributed by atoms with Crippen molar-refractivity contribution in [1.29, 1.82) is 0 Å². The van der Waals surface area contributed by atoms with E-state index >= 15 is 0 Å². The summed E-state index contributed by atoms with van der Waals surface area (Å²) >= 11 is 0. The summed E-state index contributed by atoms with van der Waals surface area (Å²) in [7, 11) is 0. The van der Waals surface area contributed by atoms with Gasteiger partial charge in [-0.3, -0.25) is 9.48 Å². The fraction of sp³-hybridized carbons (Fsp3) is 0.346. The highest BCUT2D eigenvalue weighted by molar-refractivity contribution is 5.67. The first-order valence-corrected chi connectivity index (χ1v) is 11.2. The monoisotopic (exact) mass is 486 g/mol. The molecule has 1 unspecified atom stereocenters. The molecule has 0 spiro atoms. The van der Waals surface area contributed by atoms with Crippen molar-refractivity contribution >= 4 is 12.3 Å². The predicted octanol–water partition coefficient (Wildman–Crippen LogP) is 4.66. The Balaban J connectivity index is 1.76. The number of carbonyl (C=O) groups is 2. The van der Waals surface area contributed by atoms with E-state index in [1.54, 1.807) is 29.8 Å². The Morgan fingerprint density at radius 2 is 1.97 bits per heavy atom. The van der Waals surface area contributed by atoms with Crippen molar-refractivity contribution in [3.63, 3.8) is 0 Å². The van der Waals surface area contributed by atoms with Gasteiger partial charge in [0.15, 0.2) is 0 Å². The molecule has 1 N–H and O–H groups in total. The van der Waals surface area contributed by atoms with Crippen LogP contribution in [-0.2, 0) is 35.8 Å². The second-order valence-electron chi connectivity index (χ2n) is 8.37. The number of carbonyl (C=O) groups excluding carboxylic acids is 1. The van der Waals surface area contributed by atoms with Crippen LogP contribution in [0.1, 0.15) is 41.4 Å². The topological polar surface area (TPSA) is 90.7 Å². The second-order valence-corrected chi connectivity index (χ2v) is 8.37. The zero-order valence-corrected chi connectivity index (χ0v) is 19.7. The largest absolute Gasteiger partial charge is 0.493 e. The molecule has 1 aromatic heterocycles. The normalized spacial score (nSPS) is 11.8. The van der Waals surface area contributed by atoms with E-state index in [4.69, 9.17) is 14.6 Å². The summed E-state index contributed by atoms with van der Waals surface area (Å²) in [6.45, 7) is 3.63. The fourth-order valence-electron chi connectivity index (χ4n) is 3.44. The molecule has 0 fully saturated rings. The minimum absolute atomic E-state index is 0.103. The van der Waals surface area contributed by atoms with Crippen molar-refractivity contribution in [3.05, 3.63) is 76.4 Å². The number of carboxylic acid groups (broad SMARTS) is 1. The third kappa shape index (κ3) is 7.37. The van der Waals surface area contributed by atoms with Crippen molar-refractivity contribution in [1.82, 2.24) is 9.78 Å². The Hall–Kier alpha value is -3.75. The Bertz CT molecular complexity index is 1180. The number of aliphatic carboxylic acids is 1. The van der Waals surface area contributed by atoms with E-state index in [9.17, 15) is 18.4 Å². The van der Waals surface area contributed by atoms with Crippen LogP contribution in [0.25, 0.3) is 0 Å². The maximum atomic E-state index is 14.3. The highest BCUT2D eigenvalue weighted by Gasteiger charge is 2.13. The van der Waals surface area contributed by atoms with E-state index in [-0.39, 0.29) is 32.0 Å². The van der Waals surface area contributed by atoms with Gasteiger partial charge in [0.25, 0.3) is 0 Å². The standard InChI is InChI=1S/C26H28F2N2O5/c1-17(14-31)15-35-25-7-3-19(10-21(25)13-30-18(2)9-22(12-27)29-30)16-34-23-6-4-20(24(28)11-23)5-8-26(32)33/h3-4,6-7,9-11,14,17H,5,8,12-13,15-16H2,1-2H3,(H,32,33). The molecule has 0 aliphatic rings. The van der Waals surface area contributed by atoms with Gasteiger partial charge in [0, 0.05) is 29.7 Å². The van der Waals surface area contributed by atoms with Gasteiger partial charge in [-0.2, -0.15) is 5.10 Å². The molecule has 0 bridgehead atoms. The number of hydrogen-bond acceptors (Lipinski definition) is 5. The maximum absolute atomic E-state index is 14.3. The van der Waals surface area contributed by atoms with Crippen LogP contribution in [-0.4, -0.2) is 33.7 Å². The van der Waals surface area contributed by atoms with Gasteiger partial charge in [-0.1, -0.05) is 19.1 Å². The minimum Gasteiger partial charge on any atom is -0.493 e. The lowest BCUT2D eigenvalue weighted by Gasteiger charge is -2.16. The summed E-state index contributed by atoms with van der Waals surface area (Å²) < 4.78 is 40.6. The fourth-order valence-corrected chi connectivity index (χ4v) is 3.44. The van der Waals surface area contributed by atoms with E-state index in [0.29, 0.717) is 29.3 Å². The molecular formula is C26H28F2N2O5.